The van der Waals surface area contributed by atoms with Crippen LogP contribution >= 0.6 is 0 Å². The molecule has 0 amide bonds. The van der Waals surface area contributed by atoms with Crippen molar-refractivity contribution >= 4 is 21.4 Å². The molecule has 30 heavy (non-hydrogen) atoms. The quantitative estimate of drug-likeness (QED) is 0.284. The predicted molar refractivity (Wildman–Crippen MR) is 125 cm³/mol. The summed E-state index contributed by atoms with van der Waals surface area (Å²) >= 11 is 0. The van der Waals surface area contributed by atoms with E-state index in [0.29, 0.717) is 17.9 Å². The summed E-state index contributed by atoms with van der Waals surface area (Å²) < 4.78 is 27.5. The SMILES string of the molecule is CCCCN=C(Nc1ccc(C)cc1)C(c1ccccc1)S(=O)(=O)c1ccccc1. The van der Waals surface area contributed by atoms with Crippen LogP contribution < -0.4 is 5.32 Å². The first-order chi connectivity index (χ1) is 14.5. The van der Waals surface area contributed by atoms with Crippen LogP contribution in [0.2, 0.25) is 0 Å². The van der Waals surface area contributed by atoms with Crippen molar-refractivity contribution in [2.24, 2.45) is 4.99 Å². The largest absolute Gasteiger partial charge is 0.343 e. The van der Waals surface area contributed by atoms with Crippen molar-refractivity contribution in [2.45, 2.75) is 36.8 Å². The Morgan fingerprint density at radius 3 is 2.10 bits per heavy atom. The summed E-state index contributed by atoms with van der Waals surface area (Å²) in [7, 11) is -3.71. The molecular formula is C25H28N2O2S. The molecule has 3 rings (SSSR count). The fourth-order valence-electron chi connectivity index (χ4n) is 3.19. The highest BCUT2D eigenvalue weighted by atomic mass is 32.2. The Bertz CT molecular complexity index is 1060. The van der Waals surface area contributed by atoms with Crippen LogP contribution in [-0.2, 0) is 9.84 Å². The van der Waals surface area contributed by atoms with Crippen molar-refractivity contribution in [1.82, 2.24) is 0 Å². The minimum atomic E-state index is -3.71. The second-order valence-corrected chi connectivity index (χ2v) is 9.29. The first-order valence-corrected chi connectivity index (χ1v) is 11.8. The van der Waals surface area contributed by atoms with Gasteiger partial charge in [0, 0.05) is 12.2 Å². The molecule has 0 radical (unpaired) electrons. The fourth-order valence-corrected chi connectivity index (χ4v) is 4.94. The molecule has 0 aromatic heterocycles. The average Bonchev–Trinajstić information content (AvgIpc) is 2.77. The number of hydrogen-bond donors (Lipinski definition) is 1. The second-order valence-electron chi connectivity index (χ2n) is 7.26. The number of hydrogen-bond acceptors (Lipinski definition) is 3. The van der Waals surface area contributed by atoms with Gasteiger partial charge in [-0.25, -0.2) is 8.42 Å². The van der Waals surface area contributed by atoms with E-state index < -0.39 is 15.1 Å². The van der Waals surface area contributed by atoms with Gasteiger partial charge in [-0.2, -0.15) is 0 Å². The van der Waals surface area contributed by atoms with Gasteiger partial charge in [-0.05, 0) is 43.2 Å². The lowest BCUT2D eigenvalue weighted by Gasteiger charge is -2.22. The summed E-state index contributed by atoms with van der Waals surface area (Å²) in [5.41, 5.74) is 2.65. The summed E-state index contributed by atoms with van der Waals surface area (Å²) in [6, 6.07) is 25.8. The van der Waals surface area contributed by atoms with Crippen molar-refractivity contribution in [3.05, 3.63) is 96.1 Å². The monoisotopic (exact) mass is 420 g/mol. The molecule has 0 saturated heterocycles. The molecule has 0 heterocycles. The van der Waals surface area contributed by atoms with Crippen molar-refractivity contribution < 1.29 is 8.42 Å². The molecule has 0 aliphatic heterocycles. The highest BCUT2D eigenvalue weighted by Gasteiger charge is 2.34. The molecule has 0 spiro atoms. The third-order valence-corrected chi connectivity index (χ3v) is 6.90. The number of unbranched alkanes of at least 4 members (excludes halogenated alkanes) is 1. The fraction of sp³-hybridized carbons (Fsp3) is 0.240. The normalized spacial score (nSPS) is 13.1. The van der Waals surface area contributed by atoms with Gasteiger partial charge < -0.3 is 5.32 Å². The van der Waals surface area contributed by atoms with Crippen molar-refractivity contribution in [3.8, 4) is 0 Å². The second kappa shape index (κ2) is 10.2. The van der Waals surface area contributed by atoms with Crippen LogP contribution in [0.25, 0.3) is 0 Å². The van der Waals surface area contributed by atoms with E-state index in [1.54, 1.807) is 24.3 Å². The smallest absolute Gasteiger partial charge is 0.192 e. The first kappa shape index (κ1) is 21.8. The Morgan fingerprint density at radius 2 is 1.50 bits per heavy atom. The molecule has 0 aliphatic carbocycles. The molecule has 5 heteroatoms. The van der Waals surface area contributed by atoms with E-state index in [0.717, 1.165) is 24.1 Å². The summed E-state index contributed by atoms with van der Waals surface area (Å²) in [4.78, 5) is 5.01. The maximum Gasteiger partial charge on any atom is 0.192 e. The third kappa shape index (κ3) is 5.36. The molecule has 3 aromatic rings. The van der Waals surface area contributed by atoms with Crippen LogP contribution in [0.15, 0.2) is 94.8 Å². The lowest BCUT2D eigenvalue weighted by molar-refractivity contribution is 0.592. The van der Waals surface area contributed by atoms with Gasteiger partial charge in [0.25, 0.3) is 0 Å². The van der Waals surface area contributed by atoms with Crippen molar-refractivity contribution in [3.63, 3.8) is 0 Å². The highest BCUT2D eigenvalue weighted by Crippen LogP contribution is 2.31. The number of anilines is 1. The van der Waals surface area contributed by atoms with E-state index in [1.807, 2.05) is 67.6 Å². The van der Waals surface area contributed by atoms with Crippen LogP contribution in [-0.4, -0.2) is 20.8 Å². The lowest BCUT2D eigenvalue weighted by Crippen LogP contribution is -2.29. The molecule has 0 bridgehead atoms. The van der Waals surface area contributed by atoms with E-state index in [9.17, 15) is 8.42 Å². The van der Waals surface area contributed by atoms with Gasteiger partial charge in [-0.3, -0.25) is 4.99 Å². The lowest BCUT2D eigenvalue weighted by atomic mass is 10.1. The van der Waals surface area contributed by atoms with Gasteiger partial charge in [0.1, 0.15) is 11.1 Å². The zero-order valence-corrected chi connectivity index (χ0v) is 18.3. The van der Waals surface area contributed by atoms with Gasteiger partial charge in [0.2, 0.25) is 0 Å². The van der Waals surface area contributed by atoms with Crippen LogP contribution in [0.4, 0.5) is 5.69 Å². The van der Waals surface area contributed by atoms with Crippen molar-refractivity contribution in [2.75, 3.05) is 11.9 Å². The van der Waals surface area contributed by atoms with Gasteiger partial charge >= 0.3 is 0 Å². The summed E-state index contributed by atoms with van der Waals surface area (Å²) in [5.74, 6) is 0.447. The summed E-state index contributed by atoms with van der Waals surface area (Å²) in [5, 5.41) is 2.39. The minimum absolute atomic E-state index is 0.285. The molecule has 1 atom stereocenters. The Morgan fingerprint density at radius 1 is 0.900 bits per heavy atom. The van der Waals surface area contributed by atoms with E-state index in [-0.39, 0.29) is 4.90 Å². The highest BCUT2D eigenvalue weighted by molar-refractivity contribution is 7.92. The number of sulfone groups is 1. The zero-order chi connectivity index (χ0) is 21.4. The van der Waals surface area contributed by atoms with E-state index >= 15 is 0 Å². The average molecular weight is 421 g/mol. The molecule has 0 fully saturated rings. The zero-order valence-electron chi connectivity index (χ0n) is 17.5. The number of nitrogens with zero attached hydrogens (tertiary/aromatic N) is 1. The molecule has 3 aromatic carbocycles. The molecule has 1 unspecified atom stereocenters. The number of aryl methyl sites for hydroxylation is 1. The van der Waals surface area contributed by atoms with Crippen LogP contribution in [0.1, 0.15) is 36.1 Å². The maximum absolute atomic E-state index is 13.7. The first-order valence-electron chi connectivity index (χ1n) is 10.2. The van der Waals surface area contributed by atoms with Crippen LogP contribution in [0.3, 0.4) is 0 Å². The summed E-state index contributed by atoms with van der Waals surface area (Å²) in [6.07, 6.45) is 1.88. The molecule has 1 N–H and O–H groups in total. The van der Waals surface area contributed by atoms with E-state index in [2.05, 4.69) is 12.2 Å². The molecule has 0 saturated carbocycles. The molecule has 156 valence electrons. The topological polar surface area (TPSA) is 58.5 Å². The summed E-state index contributed by atoms with van der Waals surface area (Å²) in [6.45, 7) is 4.68. The van der Waals surface area contributed by atoms with Crippen molar-refractivity contribution in [1.29, 1.82) is 0 Å². The number of rotatable bonds is 8. The third-order valence-electron chi connectivity index (χ3n) is 4.85. The number of aliphatic imine (C=N–C) groups is 1. The number of benzene rings is 3. The Balaban J connectivity index is 2.11. The molecule has 0 aliphatic rings. The standard InChI is InChI=1S/C25H28N2O2S/c1-3-4-19-26-25(27-22-17-15-20(2)16-18-22)24(21-11-7-5-8-12-21)30(28,29)23-13-9-6-10-14-23/h5-18,24H,3-4,19H2,1-2H3,(H,26,27). The van der Waals surface area contributed by atoms with Crippen LogP contribution in [0.5, 0.6) is 0 Å². The van der Waals surface area contributed by atoms with E-state index in [4.69, 9.17) is 4.99 Å². The number of nitrogens with one attached hydrogen (secondary N) is 1. The molecule has 4 nitrogen and oxygen atoms in total. The van der Waals surface area contributed by atoms with Gasteiger partial charge in [-0.15, -0.1) is 0 Å². The maximum atomic E-state index is 13.7. The Hall–Kier alpha value is -2.92. The van der Waals surface area contributed by atoms with Gasteiger partial charge in [0.15, 0.2) is 9.84 Å². The van der Waals surface area contributed by atoms with Crippen LogP contribution in [0, 0.1) is 6.92 Å². The van der Waals surface area contributed by atoms with E-state index in [1.165, 1.54) is 0 Å². The minimum Gasteiger partial charge on any atom is -0.343 e. The van der Waals surface area contributed by atoms with Gasteiger partial charge in [-0.1, -0.05) is 79.6 Å². The predicted octanol–water partition coefficient (Wildman–Crippen LogP) is 5.82. The number of amidine groups is 1. The van der Waals surface area contributed by atoms with Gasteiger partial charge in [0.05, 0.1) is 4.90 Å². The Labute approximate surface area is 179 Å². The molecular weight excluding hydrogens is 392 g/mol. The Kier molecular flexibility index (Phi) is 7.41.